The lowest BCUT2D eigenvalue weighted by atomic mass is 10.0. The van der Waals surface area contributed by atoms with Crippen LogP contribution in [0, 0.1) is 5.92 Å². The molecule has 1 saturated heterocycles. The van der Waals surface area contributed by atoms with E-state index >= 15 is 0 Å². The van der Waals surface area contributed by atoms with E-state index in [1.807, 2.05) is 37.3 Å². The van der Waals surface area contributed by atoms with Crippen LogP contribution in [-0.4, -0.2) is 35.4 Å². The van der Waals surface area contributed by atoms with Gasteiger partial charge in [-0.25, -0.2) is 9.69 Å². The highest BCUT2D eigenvalue weighted by Crippen LogP contribution is 2.21. The van der Waals surface area contributed by atoms with Crippen molar-refractivity contribution < 1.29 is 14.3 Å². The second-order valence-corrected chi connectivity index (χ2v) is 5.83. The monoisotopic (exact) mass is 321 g/mol. The molecule has 0 unspecified atom stereocenters. The van der Waals surface area contributed by atoms with Gasteiger partial charge in [0, 0.05) is 5.88 Å². The van der Waals surface area contributed by atoms with Crippen LogP contribution in [0.4, 0.5) is 4.79 Å². The summed E-state index contributed by atoms with van der Waals surface area (Å²) in [5.41, 5.74) is 1.98. The van der Waals surface area contributed by atoms with E-state index in [9.17, 15) is 9.59 Å². The molecule has 0 spiro atoms. The average molecular weight is 322 g/mol. The van der Waals surface area contributed by atoms with Crippen molar-refractivity contribution in [1.29, 1.82) is 0 Å². The molecule has 22 heavy (non-hydrogen) atoms. The van der Waals surface area contributed by atoms with Gasteiger partial charge in [0.15, 0.2) is 0 Å². The molecule has 0 aromatic heterocycles. The average Bonchev–Trinajstić information content (AvgIpc) is 2.88. The lowest BCUT2D eigenvalue weighted by Crippen LogP contribution is -2.42. The smallest absolute Gasteiger partial charge is 0.417 e. The van der Waals surface area contributed by atoms with Crippen LogP contribution in [0.2, 0.25) is 0 Å². The van der Waals surface area contributed by atoms with Gasteiger partial charge >= 0.3 is 6.09 Å². The number of carbonyl (C=O) groups is 2. The van der Waals surface area contributed by atoms with Crippen LogP contribution in [0.25, 0.3) is 0 Å². The first-order valence-corrected chi connectivity index (χ1v) is 7.83. The summed E-state index contributed by atoms with van der Waals surface area (Å²) >= 11 is 5.74. The van der Waals surface area contributed by atoms with E-state index < -0.39 is 12.0 Å². The van der Waals surface area contributed by atoms with E-state index in [-0.39, 0.29) is 18.6 Å². The van der Waals surface area contributed by atoms with Crippen molar-refractivity contribution in [2.45, 2.75) is 26.3 Å². The van der Waals surface area contributed by atoms with Crippen LogP contribution in [-0.2, 0) is 16.0 Å². The topological polar surface area (TPSA) is 46.6 Å². The molecular formula is C17H20ClNO3. The highest BCUT2D eigenvalue weighted by Gasteiger charge is 2.39. The third-order valence-electron chi connectivity index (χ3n) is 3.65. The second kappa shape index (κ2) is 7.45. The molecule has 1 aromatic rings. The number of amides is 2. The van der Waals surface area contributed by atoms with Crippen molar-refractivity contribution in [1.82, 2.24) is 4.90 Å². The molecule has 0 aliphatic carbocycles. The lowest BCUT2D eigenvalue weighted by Gasteiger charge is -2.22. The van der Waals surface area contributed by atoms with Crippen molar-refractivity contribution >= 4 is 23.6 Å². The molecule has 4 nitrogen and oxygen atoms in total. The number of hydrogen-bond donors (Lipinski definition) is 0. The number of cyclic esters (lactones) is 1. The summed E-state index contributed by atoms with van der Waals surface area (Å²) in [7, 11) is 0. The standard InChI is InChI=1S/C17H20ClNO3/c1-12(10-18)8-13(2)16(20)19-15(11-22-17(19)21)9-14-6-4-3-5-7-14/h3-8,13,15H,9-11H2,1-2H3/b12-8+/t13-,15+/m0/s1. The van der Waals surface area contributed by atoms with E-state index in [4.69, 9.17) is 16.3 Å². The van der Waals surface area contributed by atoms with Gasteiger partial charge in [0.25, 0.3) is 0 Å². The quantitative estimate of drug-likeness (QED) is 0.617. The summed E-state index contributed by atoms with van der Waals surface area (Å²) in [5.74, 6) is -0.272. The normalized spacial score (nSPS) is 20.0. The highest BCUT2D eigenvalue weighted by atomic mass is 35.5. The zero-order valence-electron chi connectivity index (χ0n) is 12.8. The first-order chi connectivity index (χ1) is 10.5. The van der Waals surface area contributed by atoms with Crippen LogP contribution in [0.3, 0.4) is 0 Å². The summed E-state index contributed by atoms with van der Waals surface area (Å²) in [4.78, 5) is 25.7. The van der Waals surface area contributed by atoms with Gasteiger partial charge in [-0.05, 0) is 18.9 Å². The van der Waals surface area contributed by atoms with Gasteiger partial charge in [-0.1, -0.05) is 48.9 Å². The summed E-state index contributed by atoms with van der Waals surface area (Å²) in [5, 5.41) is 0. The zero-order valence-corrected chi connectivity index (χ0v) is 13.5. The van der Waals surface area contributed by atoms with Crippen molar-refractivity contribution in [3.8, 4) is 0 Å². The van der Waals surface area contributed by atoms with Crippen LogP contribution in [0.1, 0.15) is 19.4 Å². The number of nitrogens with zero attached hydrogens (tertiary/aromatic N) is 1. The first-order valence-electron chi connectivity index (χ1n) is 7.30. The Kier molecular flexibility index (Phi) is 5.61. The van der Waals surface area contributed by atoms with Crippen molar-refractivity contribution in [3.63, 3.8) is 0 Å². The van der Waals surface area contributed by atoms with Crippen molar-refractivity contribution in [2.24, 2.45) is 5.92 Å². The molecule has 2 rings (SSSR count). The van der Waals surface area contributed by atoms with Gasteiger partial charge in [-0.2, -0.15) is 0 Å². The maximum Gasteiger partial charge on any atom is 0.417 e. The Bertz CT molecular complexity index is 571. The molecule has 1 heterocycles. The molecule has 118 valence electrons. The molecule has 2 atom stereocenters. The SMILES string of the molecule is C/C(=C\[C@H](C)C(=O)N1C(=O)OC[C@H]1Cc1ccccc1)CCl. The third-order valence-corrected chi connectivity index (χ3v) is 4.07. The Balaban J connectivity index is 2.12. The van der Waals surface area contributed by atoms with Gasteiger partial charge < -0.3 is 4.74 Å². The number of imide groups is 1. The van der Waals surface area contributed by atoms with E-state index in [1.165, 1.54) is 4.90 Å². The van der Waals surface area contributed by atoms with Crippen LogP contribution in [0.15, 0.2) is 42.0 Å². The van der Waals surface area contributed by atoms with Gasteiger partial charge in [0.05, 0.1) is 12.0 Å². The minimum absolute atomic E-state index is 0.240. The Morgan fingerprint density at radius 3 is 2.77 bits per heavy atom. The number of benzene rings is 1. The number of carbonyl (C=O) groups excluding carboxylic acids is 2. The Hall–Kier alpha value is -1.81. The minimum Gasteiger partial charge on any atom is -0.447 e. The van der Waals surface area contributed by atoms with Crippen molar-refractivity contribution in [2.75, 3.05) is 12.5 Å². The Morgan fingerprint density at radius 2 is 2.14 bits per heavy atom. The van der Waals surface area contributed by atoms with E-state index in [0.717, 1.165) is 11.1 Å². The van der Waals surface area contributed by atoms with Crippen LogP contribution < -0.4 is 0 Å². The molecule has 0 N–H and O–H groups in total. The van der Waals surface area contributed by atoms with Gasteiger partial charge in [0.2, 0.25) is 5.91 Å². The fourth-order valence-corrected chi connectivity index (χ4v) is 2.62. The number of ether oxygens (including phenoxy) is 1. The predicted molar refractivity (Wildman–Crippen MR) is 85.8 cm³/mol. The van der Waals surface area contributed by atoms with Crippen LogP contribution in [0.5, 0.6) is 0 Å². The van der Waals surface area contributed by atoms with Crippen LogP contribution >= 0.6 is 11.6 Å². The van der Waals surface area contributed by atoms with E-state index in [2.05, 4.69) is 0 Å². The molecule has 1 aliphatic heterocycles. The Morgan fingerprint density at radius 1 is 1.45 bits per heavy atom. The fourth-order valence-electron chi connectivity index (χ4n) is 2.53. The van der Waals surface area contributed by atoms with E-state index in [0.29, 0.717) is 12.3 Å². The largest absolute Gasteiger partial charge is 0.447 e. The first kappa shape index (κ1) is 16.6. The third kappa shape index (κ3) is 3.89. The summed E-state index contributed by atoms with van der Waals surface area (Å²) < 4.78 is 5.07. The predicted octanol–water partition coefficient (Wildman–Crippen LogP) is 3.40. The molecule has 0 radical (unpaired) electrons. The van der Waals surface area contributed by atoms with Crippen molar-refractivity contribution in [3.05, 3.63) is 47.5 Å². The Labute approximate surface area is 135 Å². The minimum atomic E-state index is -0.560. The fraction of sp³-hybridized carbons (Fsp3) is 0.412. The molecule has 0 bridgehead atoms. The molecule has 2 amide bonds. The number of allylic oxidation sites excluding steroid dienone is 1. The molecular weight excluding hydrogens is 302 g/mol. The summed E-state index contributed by atoms with van der Waals surface area (Å²) in [6.07, 6.45) is 1.83. The van der Waals surface area contributed by atoms with Gasteiger partial charge in [0.1, 0.15) is 6.61 Å². The van der Waals surface area contributed by atoms with Gasteiger partial charge in [-0.15, -0.1) is 11.6 Å². The number of rotatable bonds is 5. The maximum atomic E-state index is 12.5. The molecule has 0 saturated carbocycles. The molecule has 1 aliphatic rings. The molecule has 1 aromatic carbocycles. The van der Waals surface area contributed by atoms with Gasteiger partial charge in [-0.3, -0.25) is 4.79 Å². The maximum absolute atomic E-state index is 12.5. The number of alkyl halides is 1. The highest BCUT2D eigenvalue weighted by molar-refractivity contribution is 6.19. The molecule has 1 fully saturated rings. The summed E-state index contributed by atoms with van der Waals surface area (Å²) in [6, 6.07) is 9.51. The summed E-state index contributed by atoms with van der Waals surface area (Å²) in [6.45, 7) is 3.87. The lowest BCUT2D eigenvalue weighted by molar-refractivity contribution is -0.131. The number of hydrogen-bond acceptors (Lipinski definition) is 3. The number of halogens is 1. The van der Waals surface area contributed by atoms with E-state index in [1.54, 1.807) is 13.0 Å². The second-order valence-electron chi connectivity index (χ2n) is 5.56. The zero-order chi connectivity index (χ0) is 16.1. The molecule has 5 heteroatoms.